The topological polar surface area (TPSA) is 110 Å². The predicted molar refractivity (Wildman–Crippen MR) is 162 cm³/mol. The first-order valence-electron chi connectivity index (χ1n) is 14.1. The molecule has 0 spiro atoms. The van der Waals surface area contributed by atoms with Gasteiger partial charge in [-0.25, -0.2) is 14.6 Å². The lowest BCUT2D eigenvalue weighted by molar-refractivity contribution is 0.0930. The zero-order valence-electron chi connectivity index (χ0n) is 23.7. The van der Waals surface area contributed by atoms with Gasteiger partial charge in [-0.3, -0.25) is 4.79 Å². The minimum absolute atomic E-state index is 0.198. The fourth-order valence-electron chi connectivity index (χ4n) is 3.97. The second-order valence-electron chi connectivity index (χ2n) is 9.57. The van der Waals surface area contributed by atoms with E-state index >= 15 is 0 Å². The van der Waals surface area contributed by atoms with Gasteiger partial charge in [-0.2, -0.15) is 0 Å². The highest BCUT2D eigenvalue weighted by Gasteiger charge is 2.15. The molecule has 223 valence electrons. The summed E-state index contributed by atoms with van der Waals surface area (Å²) in [5, 5.41) is 5.93. The number of carbonyl (C=O) groups excluding carboxylic acids is 3. The highest BCUT2D eigenvalue weighted by molar-refractivity contribution is 6.29. The molecule has 0 bridgehead atoms. The van der Waals surface area contributed by atoms with Crippen LogP contribution >= 0.6 is 11.6 Å². The number of amides is 3. The summed E-state index contributed by atoms with van der Waals surface area (Å²) in [6.45, 7) is 2.35. The van der Waals surface area contributed by atoms with Crippen molar-refractivity contribution in [3.05, 3.63) is 107 Å². The van der Waals surface area contributed by atoms with Crippen LogP contribution in [0.3, 0.4) is 0 Å². The Hall–Kier alpha value is -4.11. The Kier molecular flexibility index (Phi) is 14.7. The van der Waals surface area contributed by atoms with E-state index in [0.29, 0.717) is 43.3 Å². The lowest BCUT2D eigenvalue weighted by atomic mass is 10.1. The van der Waals surface area contributed by atoms with Crippen LogP contribution in [0.25, 0.3) is 0 Å². The number of alkyl carbamates (subject to hydrolysis) is 1. The molecule has 9 nitrogen and oxygen atoms in total. The molecule has 1 aromatic heterocycles. The van der Waals surface area contributed by atoms with Gasteiger partial charge in [-0.15, -0.1) is 0 Å². The molecule has 0 saturated heterocycles. The van der Waals surface area contributed by atoms with Crippen LogP contribution in [-0.4, -0.2) is 54.2 Å². The number of hydrogen-bond donors (Lipinski definition) is 2. The molecule has 2 N–H and O–H groups in total. The average molecular weight is 594 g/mol. The molecule has 1 radical (unpaired) electrons. The maximum atomic E-state index is 12.8. The Balaban J connectivity index is 1.32. The summed E-state index contributed by atoms with van der Waals surface area (Å²) in [5.74, 6) is -0.245. The molecule has 3 aromatic rings. The van der Waals surface area contributed by atoms with Gasteiger partial charge in [0.15, 0.2) is 0 Å². The fourth-order valence-corrected chi connectivity index (χ4v) is 4.08. The van der Waals surface area contributed by atoms with Crippen molar-refractivity contribution in [3.8, 4) is 0 Å². The van der Waals surface area contributed by atoms with E-state index in [9.17, 15) is 14.4 Å². The van der Waals surface area contributed by atoms with Gasteiger partial charge in [0.1, 0.15) is 18.4 Å². The molecule has 0 fully saturated rings. The Bertz CT molecular complexity index is 1210. The van der Waals surface area contributed by atoms with E-state index in [1.165, 1.54) is 6.20 Å². The van der Waals surface area contributed by atoms with Gasteiger partial charge in [0.2, 0.25) is 0 Å². The van der Waals surface area contributed by atoms with E-state index in [0.717, 1.165) is 36.8 Å². The van der Waals surface area contributed by atoms with Crippen molar-refractivity contribution in [1.82, 2.24) is 20.5 Å². The number of pyridine rings is 1. The van der Waals surface area contributed by atoms with Crippen molar-refractivity contribution < 1.29 is 23.9 Å². The van der Waals surface area contributed by atoms with E-state index in [1.807, 2.05) is 60.7 Å². The van der Waals surface area contributed by atoms with Crippen molar-refractivity contribution in [3.63, 3.8) is 0 Å². The van der Waals surface area contributed by atoms with Crippen LogP contribution in [-0.2, 0) is 22.7 Å². The normalized spacial score (nSPS) is 10.5. The minimum atomic E-state index is -0.426. The van der Waals surface area contributed by atoms with Gasteiger partial charge < -0.3 is 25.0 Å². The van der Waals surface area contributed by atoms with Gasteiger partial charge in [-0.05, 0) is 61.8 Å². The molecule has 1 heterocycles. The highest BCUT2D eigenvalue weighted by atomic mass is 35.5. The summed E-state index contributed by atoms with van der Waals surface area (Å²) < 4.78 is 10.8. The Morgan fingerprint density at radius 2 is 1.38 bits per heavy atom. The van der Waals surface area contributed by atoms with Gasteiger partial charge in [-0.1, -0.05) is 72.3 Å². The largest absolute Gasteiger partial charge is 0.445 e. The molecule has 10 heteroatoms. The molecule has 0 atom stereocenters. The van der Waals surface area contributed by atoms with Crippen LogP contribution in [0.5, 0.6) is 0 Å². The third kappa shape index (κ3) is 13.0. The standard InChI is InChI=1S/C32H38ClN4O5/c33-29-18-17-28(23-36-29)30(38)34-20-12-22-37(32(40)42-25-27-15-8-5-9-16-27)21-11-3-1-2-10-19-35-31(39)41-24-26-13-6-4-7-14-26/h1,4-9,13-18,23H,2-3,10-12,19-22,24-25H2,(H,34,38)(H,35,39). The number of unbranched alkanes of at least 4 members (excludes halogenated alkanes) is 4. The van der Waals surface area contributed by atoms with Crippen LogP contribution in [0.2, 0.25) is 5.15 Å². The lowest BCUT2D eigenvalue weighted by Crippen LogP contribution is -2.35. The average Bonchev–Trinajstić information content (AvgIpc) is 3.02. The molecule has 0 aliphatic heterocycles. The molecule has 0 aliphatic rings. The minimum Gasteiger partial charge on any atom is -0.445 e. The first kappa shape index (κ1) is 32.4. The number of nitrogens with one attached hydrogen (secondary N) is 2. The van der Waals surface area contributed by atoms with E-state index in [2.05, 4.69) is 22.0 Å². The fraction of sp³-hybridized carbons (Fsp3) is 0.344. The first-order chi connectivity index (χ1) is 20.5. The Morgan fingerprint density at radius 3 is 2.05 bits per heavy atom. The molecule has 0 saturated carbocycles. The summed E-state index contributed by atoms with van der Waals surface area (Å²) in [7, 11) is 0. The number of carbonyl (C=O) groups is 3. The van der Waals surface area contributed by atoms with E-state index in [4.69, 9.17) is 21.1 Å². The van der Waals surface area contributed by atoms with Crippen molar-refractivity contribution >= 4 is 29.7 Å². The monoisotopic (exact) mass is 593 g/mol. The van der Waals surface area contributed by atoms with Crippen LogP contribution in [0.1, 0.15) is 53.6 Å². The number of halogens is 1. The number of aromatic nitrogens is 1. The lowest BCUT2D eigenvalue weighted by Gasteiger charge is -2.22. The Labute approximate surface area is 252 Å². The summed E-state index contributed by atoms with van der Waals surface area (Å²) in [6.07, 6.45) is 6.57. The third-order valence-electron chi connectivity index (χ3n) is 6.25. The van der Waals surface area contributed by atoms with Gasteiger partial charge in [0.05, 0.1) is 5.56 Å². The van der Waals surface area contributed by atoms with Crippen molar-refractivity contribution in [1.29, 1.82) is 0 Å². The summed E-state index contributed by atoms with van der Waals surface area (Å²) in [6, 6.07) is 22.3. The molecule has 3 amide bonds. The van der Waals surface area contributed by atoms with Gasteiger partial charge in [0.25, 0.3) is 5.91 Å². The summed E-state index contributed by atoms with van der Waals surface area (Å²) >= 11 is 5.78. The third-order valence-corrected chi connectivity index (χ3v) is 6.47. The van der Waals surface area contributed by atoms with Crippen LogP contribution < -0.4 is 10.6 Å². The maximum absolute atomic E-state index is 12.8. The zero-order chi connectivity index (χ0) is 29.8. The van der Waals surface area contributed by atoms with Gasteiger partial charge >= 0.3 is 12.2 Å². The van der Waals surface area contributed by atoms with Gasteiger partial charge in [0, 0.05) is 32.4 Å². The smallest absolute Gasteiger partial charge is 0.410 e. The van der Waals surface area contributed by atoms with Crippen molar-refractivity contribution in [2.45, 2.75) is 45.3 Å². The van der Waals surface area contributed by atoms with Crippen molar-refractivity contribution in [2.75, 3.05) is 26.2 Å². The summed E-state index contributed by atoms with van der Waals surface area (Å²) in [4.78, 5) is 42.6. The second-order valence-corrected chi connectivity index (χ2v) is 9.96. The highest BCUT2D eigenvalue weighted by Crippen LogP contribution is 2.09. The molecular formula is C32H38ClN4O5. The van der Waals surface area contributed by atoms with Crippen molar-refractivity contribution in [2.24, 2.45) is 0 Å². The molecule has 42 heavy (non-hydrogen) atoms. The Morgan fingerprint density at radius 1 is 0.762 bits per heavy atom. The number of rotatable bonds is 17. The maximum Gasteiger partial charge on any atom is 0.410 e. The number of ether oxygens (including phenoxy) is 2. The van der Waals surface area contributed by atoms with Crippen LogP contribution in [0.4, 0.5) is 9.59 Å². The van der Waals surface area contributed by atoms with E-state index < -0.39 is 6.09 Å². The molecule has 2 aromatic carbocycles. The van der Waals surface area contributed by atoms with E-state index in [-0.39, 0.29) is 25.2 Å². The molecular weight excluding hydrogens is 556 g/mol. The SMILES string of the molecule is O=C(NCCC[CH]CCCN(CCCNC(=O)c1ccc(Cl)nc1)C(=O)OCc1ccccc1)OCc1ccccc1. The van der Waals surface area contributed by atoms with Crippen LogP contribution in [0, 0.1) is 6.42 Å². The summed E-state index contributed by atoms with van der Waals surface area (Å²) in [5.41, 5.74) is 2.29. The first-order valence-corrected chi connectivity index (χ1v) is 14.5. The predicted octanol–water partition coefficient (Wildman–Crippen LogP) is 6.18. The second kappa shape index (κ2) is 19.1. The van der Waals surface area contributed by atoms with E-state index in [1.54, 1.807) is 17.0 Å². The van der Waals surface area contributed by atoms with Crippen LogP contribution in [0.15, 0.2) is 79.0 Å². The number of nitrogens with zero attached hydrogens (tertiary/aromatic N) is 2. The molecule has 0 unspecified atom stereocenters. The quantitative estimate of drug-likeness (QED) is 0.143. The number of hydrogen-bond acceptors (Lipinski definition) is 6. The zero-order valence-corrected chi connectivity index (χ0v) is 24.4. The molecule has 0 aliphatic carbocycles. The number of benzene rings is 2. The molecule has 3 rings (SSSR count).